The molecule has 3 heterocycles. The Kier molecular flexibility index (Phi) is 5.06. The van der Waals surface area contributed by atoms with Crippen LogP contribution in [-0.4, -0.2) is 85.3 Å². The lowest BCUT2D eigenvalue weighted by molar-refractivity contribution is -0.147. The Bertz CT molecular complexity index is 1120. The Balaban J connectivity index is 1.68. The number of hydrogen-bond donors (Lipinski definition) is 0. The molecule has 2 aliphatic rings. The fourth-order valence-electron chi connectivity index (χ4n) is 4.83. The normalized spacial score (nSPS) is 26.2. The van der Waals surface area contributed by atoms with Gasteiger partial charge in [0.2, 0.25) is 15.9 Å². The summed E-state index contributed by atoms with van der Waals surface area (Å²) in [5.41, 5.74) is 0.417. The lowest BCUT2D eigenvalue weighted by atomic mass is 9.72. The van der Waals surface area contributed by atoms with Crippen molar-refractivity contribution in [2.75, 3.05) is 40.0 Å². The zero-order valence-electron chi connectivity index (χ0n) is 17.4. The summed E-state index contributed by atoms with van der Waals surface area (Å²) in [5, 5.41) is 0.876. The molecule has 4 rings (SSSR count). The minimum Gasteiger partial charge on any atom is -0.348 e. The van der Waals surface area contributed by atoms with E-state index in [2.05, 4.69) is 4.98 Å². The van der Waals surface area contributed by atoms with Crippen LogP contribution >= 0.6 is 0 Å². The lowest BCUT2D eigenvalue weighted by Crippen LogP contribution is -2.67. The maximum Gasteiger partial charge on any atom is 0.253 e. The SMILES string of the molecule is CN(C)C(=O)[C@]12CCS(=O)(=O)N(C)[C@@H]1CCN(C(=O)c1ccc3ncccc3c1)C2. The van der Waals surface area contributed by atoms with Gasteiger partial charge in [0.05, 0.1) is 16.7 Å². The molecule has 0 unspecified atom stereocenters. The summed E-state index contributed by atoms with van der Waals surface area (Å²) in [6.07, 6.45) is 2.35. The van der Waals surface area contributed by atoms with E-state index in [1.807, 2.05) is 24.3 Å². The van der Waals surface area contributed by atoms with Gasteiger partial charge >= 0.3 is 0 Å². The fourth-order valence-corrected chi connectivity index (χ4v) is 6.44. The van der Waals surface area contributed by atoms with Crippen molar-refractivity contribution in [3.8, 4) is 0 Å². The highest BCUT2D eigenvalue weighted by Gasteiger charge is 2.57. The van der Waals surface area contributed by atoms with E-state index in [1.165, 1.54) is 9.21 Å². The van der Waals surface area contributed by atoms with Crippen molar-refractivity contribution >= 4 is 32.7 Å². The fraction of sp³-hybridized carbons (Fsp3) is 0.476. The van der Waals surface area contributed by atoms with Crippen molar-refractivity contribution in [1.29, 1.82) is 0 Å². The van der Waals surface area contributed by atoms with E-state index in [9.17, 15) is 18.0 Å². The number of benzene rings is 1. The third kappa shape index (κ3) is 3.26. The number of sulfonamides is 1. The molecule has 2 amide bonds. The van der Waals surface area contributed by atoms with Crippen LogP contribution in [0.25, 0.3) is 10.9 Å². The second kappa shape index (κ2) is 7.31. The molecule has 160 valence electrons. The van der Waals surface area contributed by atoms with Crippen LogP contribution < -0.4 is 0 Å². The molecule has 0 bridgehead atoms. The Hall–Kier alpha value is -2.52. The van der Waals surface area contributed by atoms with E-state index in [0.29, 0.717) is 18.5 Å². The molecule has 8 nitrogen and oxygen atoms in total. The van der Waals surface area contributed by atoms with Crippen LogP contribution in [0.15, 0.2) is 36.5 Å². The largest absolute Gasteiger partial charge is 0.348 e. The van der Waals surface area contributed by atoms with Gasteiger partial charge in [-0.15, -0.1) is 0 Å². The van der Waals surface area contributed by atoms with E-state index in [1.54, 1.807) is 38.3 Å². The molecular formula is C21H26N4O4S. The molecule has 9 heteroatoms. The maximum atomic E-state index is 13.3. The van der Waals surface area contributed by atoms with Crippen LogP contribution in [0.2, 0.25) is 0 Å². The molecule has 0 saturated carbocycles. The minimum atomic E-state index is -3.39. The van der Waals surface area contributed by atoms with Gasteiger partial charge in [0.15, 0.2) is 0 Å². The summed E-state index contributed by atoms with van der Waals surface area (Å²) in [4.78, 5) is 34.0. The van der Waals surface area contributed by atoms with Crippen LogP contribution in [0.5, 0.6) is 0 Å². The minimum absolute atomic E-state index is 0.0940. The number of pyridine rings is 1. The molecule has 0 aliphatic carbocycles. The lowest BCUT2D eigenvalue weighted by Gasteiger charge is -2.53. The number of piperidine rings is 1. The summed E-state index contributed by atoms with van der Waals surface area (Å²) >= 11 is 0. The number of carbonyl (C=O) groups is 2. The van der Waals surface area contributed by atoms with Crippen LogP contribution in [-0.2, 0) is 14.8 Å². The quantitative estimate of drug-likeness (QED) is 0.714. The van der Waals surface area contributed by atoms with Gasteiger partial charge in [0, 0.05) is 57.4 Å². The van der Waals surface area contributed by atoms with E-state index >= 15 is 0 Å². The Morgan fingerprint density at radius 3 is 2.73 bits per heavy atom. The summed E-state index contributed by atoms with van der Waals surface area (Å²) in [5.74, 6) is -0.376. The molecule has 2 saturated heterocycles. The van der Waals surface area contributed by atoms with E-state index in [-0.39, 0.29) is 30.5 Å². The predicted octanol–water partition coefficient (Wildman–Crippen LogP) is 1.19. The number of likely N-dealkylation sites (tertiary alicyclic amines) is 1. The summed E-state index contributed by atoms with van der Waals surface area (Å²) in [6.45, 7) is 0.606. The predicted molar refractivity (Wildman–Crippen MR) is 113 cm³/mol. The highest BCUT2D eigenvalue weighted by atomic mass is 32.2. The Labute approximate surface area is 176 Å². The van der Waals surface area contributed by atoms with Gasteiger partial charge < -0.3 is 9.80 Å². The molecule has 2 atom stereocenters. The molecule has 1 aromatic heterocycles. The van der Waals surface area contributed by atoms with Crippen molar-refractivity contribution in [2.24, 2.45) is 5.41 Å². The van der Waals surface area contributed by atoms with Crippen LogP contribution in [0.4, 0.5) is 0 Å². The summed E-state index contributed by atoms with van der Waals surface area (Å²) < 4.78 is 26.2. The van der Waals surface area contributed by atoms with E-state index in [0.717, 1.165) is 10.9 Å². The average molecular weight is 431 g/mol. The molecule has 2 aliphatic heterocycles. The molecule has 0 N–H and O–H groups in total. The number of nitrogens with zero attached hydrogens (tertiary/aromatic N) is 4. The highest BCUT2D eigenvalue weighted by Crippen LogP contribution is 2.43. The topological polar surface area (TPSA) is 90.9 Å². The number of rotatable bonds is 2. The van der Waals surface area contributed by atoms with Crippen LogP contribution in [0.3, 0.4) is 0 Å². The first-order chi connectivity index (χ1) is 14.2. The van der Waals surface area contributed by atoms with E-state index in [4.69, 9.17) is 0 Å². The number of amides is 2. The van der Waals surface area contributed by atoms with Gasteiger partial charge in [-0.2, -0.15) is 0 Å². The second-order valence-corrected chi connectivity index (χ2v) is 10.5. The molecule has 1 aromatic carbocycles. The van der Waals surface area contributed by atoms with E-state index < -0.39 is 21.5 Å². The number of fused-ring (bicyclic) bond motifs is 2. The van der Waals surface area contributed by atoms with Crippen molar-refractivity contribution in [1.82, 2.24) is 19.1 Å². The molecule has 0 spiro atoms. The van der Waals surface area contributed by atoms with Gasteiger partial charge in [-0.1, -0.05) is 6.07 Å². The van der Waals surface area contributed by atoms with Crippen LogP contribution in [0, 0.1) is 5.41 Å². The third-order valence-corrected chi connectivity index (χ3v) is 8.29. The zero-order chi connectivity index (χ0) is 21.7. The first-order valence-electron chi connectivity index (χ1n) is 9.97. The monoisotopic (exact) mass is 430 g/mol. The van der Waals surface area contributed by atoms with Crippen molar-refractivity contribution in [2.45, 2.75) is 18.9 Å². The molecule has 2 aromatic rings. The van der Waals surface area contributed by atoms with Crippen LogP contribution in [0.1, 0.15) is 23.2 Å². The molecule has 30 heavy (non-hydrogen) atoms. The number of aromatic nitrogens is 1. The maximum absolute atomic E-state index is 13.3. The summed E-state index contributed by atoms with van der Waals surface area (Å²) in [7, 11) is 1.50. The molecule has 0 radical (unpaired) electrons. The van der Waals surface area contributed by atoms with Crippen molar-refractivity contribution < 1.29 is 18.0 Å². The first-order valence-corrected chi connectivity index (χ1v) is 11.6. The Morgan fingerprint density at radius 2 is 2.00 bits per heavy atom. The average Bonchev–Trinajstić information content (AvgIpc) is 2.75. The Morgan fingerprint density at radius 1 is 1.23 bits per heavy atom. The van der Waals surface area contributed by atoms with Gasteiger partial charge in [-0.05, 0) is 37.1 Å². The van der Waals surface area contributed by atoms with Crippen molar-refractivity contribution in [3.63, 3.8) is 0 Å². The number of carbonyl (C=O) groups excluding carboxylic acids is 2. The van der Waals surface area contributed by atoms with Gasteiger partial charge in [0.1, 0.15) is 0 Å². The highest BCUT2D eigenvalue weighted by molar-refractivity contribution is 7.89. The van der Waals surface area contributed by atoms with Crippen molar-refractivity contribution in [3.05, 3.63) is 42.1 Å². The molecule has 2 fully saturated rings. The standard InChI is InChI=1S/C21H26N4O4S/c1-23(2)20(27)21-9-12-30(28,29)24(3)18(21)8-11-25(14-21)19(26)16-6-7-17-15(13-16)5-4-10-22-17/h4-7,10,13,18H,8-9,11-12,14H2,1-3H3/t18-,21+/m1/s1. The second-order valence-electron chi connectivity index (χ2n) is 8.38. The smallest absolute Gasteiger partial charge is 0.253 e. The van der Waals surface area contributed by atoms with Gasteiger partial charge in [0.25, 0.3) is 5.91 Å². The molecular weight excluding hydrogens is 404 g/mol. The zero-order valence-corrected chi connectivity index (χ0v) is 18.2. The number of hydrogen-bond acceptors (Lipinski definition) is 5. The third-order valence-electron chi connectivity index (χ3n) is 6.44. The van der Waals surface area contributed by atoms with Gasteiger partial charge in [-0.25, -0.2) is 12.7 Å². The van der Waals surface area contributed by atoms with Gasteiger partial charge in [-0.3, -0.25) is 14.6 Å². The summed E-state index contributed by atoms with van der Waals surface area (Å²) in [6, 6.07) is 8.66. The first kappa shape index (κ1) is 20.7.